The first-order valence-corrected chi connectivity index (χ1v) is 8.00. The molecule has 1 unspecified atom stereocenters. The average molecular weight is 279 g/mol. The molecular formula is C14H17NO3S. The highest BCUT2D eigenvalue weighted by molar-refractivity contribution is 7.94. The van der Waals surface area contributed by atoms with Crippen LogP contribution in [0.2, 0.25) is 0 Å². The van der Waals surface area contributed by atoms with Gasteiger partial charge in [-0.2, -0.15) is 0 Å². The Morgan fingerprint density at radius 3 is 2.84 bits per heavy atom. The van der Waals surface area contributed by atoms with Crippen LogP contribution >= 0.6 is 0 Å². The number of sulfone groups is 1. The Labute approximate surface area is 113 Å². The maximum absolute atomic E-state index is 11.8. The predicted molar refractivity (Wildman–Crippen MR) is 75.5 cm³/mol. The van der Waals surface area contributed by atoms with Gasteiger partial charge in [0.15, 0.2) is 9.84 Å². The standard InChI is InChI=1S/C14H17NO3S/c1-2-11-4-3-5-13(8-11)15-14(16)9-12-6-7-19(17,18)10-12/h3-8,12H,2,9-10H2,1H3,(H,15,16). The minimum Gasteiger partial charge on any atom is -0.326 e. The fraction of sp³-hybridized carbons (Fsp3) is 0.357. The molecule has 4 nitrogen and oxygen atoms in total. The number of carbonyl (C=O) groups excluding carboxylic acids is 1. The van der Waals surface area contributed by atoms with Gasteiger partial charge in [-0.1, -0.05) is 25.1 Å². The summed E-state index contributed by atoms with van der Waals surface area (Å²) in [6.07, 6.45) is 2.71. The third-order valence-electron chi connectivity index (χ3n) is 3.07. The van der Waals surface area contributed by atoms with Crippen molar-refractivity contribution in [2.75, 3.05) is 11.1 Å². The lowest BCUT2D eigenvalue weighted by atomic mass is 10.1. The fourth-order valence-electron chi connectivity index (χ4n) is 2.09. The van der Waals surface area contributed by atoms with Gasteiger partial charge in [0.25, 0.3) is 0 Å². The molecule has 19 heavy (non-hydrogen) atoms. The SMILES string of the molecule is CCc1cccc(NC(=O)CC2C=CS(=O)(=O)C2)c1. The molecule has 0 spiro atoms. The minimum absolute atomic E-state index is 0.0371. The maximum atomic E-state index is 11.8. The van der Waals surface area contributed by atoms with E-state index in [1.165, 1.54) is 5.41 Å². The number of benzene rings is 1. The third kappa shape index (κ3) is 3.92. The molecule has 0 saturated heterocycles. The number of nitrogens with one attached hydrogen (secondary N) is 1. The average Bonchev–Trinajstić information content (AvgIpc) is 2.68. The summed E-state index contributed by atoms with van der Waals surface area (Å²) in [5.74, 6) is -0.325. The molecule has 2 rings (SSSR count). The Morgan fingerprint density at radius 1 is 1.42 bits per heavy atom. The zero-order valence-electron chi connectivity index (χ0n) is 10.8. The van der Waals surface area contributed by atoms with Gasteiger partial charge in [-0.05, 0) is 24.1 Å². The number of amides is 1. The van der Waals surface area contributed by atoms with Crippen molar-refractivity contribution >= 4 is 21.4 Å². The van der Waals surface area contributed by atoms with E-state index >= 15 is 0 Å². The van der Waals surface area contributed by atoms with Crippen LogP contribution in [0.5, 0.6) is 0 Å². The number of rotatable bonds is 4. The predicted octanol–water partition coefficient (Wildman–Crippen LogP) is 2.14. The molecule has 1 aliphatic rings. The molecule has 102 valence electrons. The highest BCUT2D eigenvalue weighted by Crippen LogP contribution is 2.19. The van der Waals surface area contributed by atoms with Crippen LogP contribution in [0, 0.1) is 5.92 Å². The Bertz CT molecular complexity index is 605. The van der Waals surface area contributed by atoms with Gasteiger partial charge >= 0.3 is 0 Å². The Balaban J connectivity index is 1.93. The van der Waals surface area contributed by atoms with E-state index in [2.05, 4.69) is 12.2 Å². The van der Waals surface area contributed by atoms with Crippen LogP contribution in [0.3, 0.4) is 0 Å². The largest absolute Gasteiger partial charge is 0.326 e. The van der Waals surface area contributed by atoms with Gasteiger partial charge in [0.2, 0.25) is 5.91 Å². The van der Waals surface area contributed by atoms with E-state index in [-0.39, 0.29) is 24.0 Å². The summed E-state index contributed by atoms with van der Waals surface area (Å²) in [4.78, 5) is 11.8. The van der Waals surface area contributed by atoms with E-state index in [0.717, 1.165) is 17.7 Å². The van der Waals surface area contributed by atoms with Gasteiger partial charge in [0.05, 0.1) is 5.75 Å². The first kappa shape index (κ1) is 13.8. The van der Waals surface area contributed by atoms with E-state index < -0.39 is 9.84 Å². The number of allylic oxidation sites excluding steroid dienone is 1. The van der Waals surface area contributed by atoms with Crippen LogP contribution in [0.25, 0.3) is 0 Å². The highest BCUT2D eigenvalue weighted by atomic mass is 32.2. The zero-order chi connectivity index (χ0) is 13.9. The molecule has 1 heterocycles. The Morgan fingerprint density at radius 2 is 2.21 bits per heavy atom. The van der Waals surface area contributed by atoms with Gasteiger partial charge in [-0.15, -0.1) is 0 Å². The molecule has 0 fully saturated rings. The minimum atomic E-state index is -3.09. The summed E-state index contributed by atoms with van der Waals surface area (Å²) in [6.45, 7) is 2.05. The van der Waals surface area contributed by atoms with Crippen LogP contribution in [-0.4, -0.2) is 20.1 Å². The lowest BCUT2D eigenvalue weighted by Gasteiger charge is -2.09. The number of carbonyl (C=O) groups is 1. The third-order valence-corrected chi connectivity index (χ3v) is 4.54. The van der Waals surface area contributed by atoms with Gasteiger partial charge in [0, 0.05) is 23.4 Å². The highest BCUT2D eigenvalue weighted by Gasteiger charge is 2.23. The van der Waals surface area contributed by atoms with E-state index in [0.29, 0.717) is 0 Å². The molecule has 1 N–H and O–H groups in total. The van der Waals surface area contributed by atoms with E-state index in [9.17, 15) is 13.2 Å². The van der Waals surface area contributed by atoms with Gasteiger partial charge in [-0.25, -0.2) is 8.42 Å². The van der Waals surface area contributed by atoms with Crippen LogP contribution in [-0.2, 0) is 21.1 Å². The lowest BCUT2D eigenvalue weighted by molar-refractivity contribution is -0.116. The molecule has 0 aliphatic carbocycles. The zero-order valence-corrected chi connectivity index (χ0v) is 11.6. The van der Waals surface area contributed by atoms with Crippen LogP contribution in [0.4, 0.5) is 5.69 Å². The van der Waals surface area contributed by atoms with Crippen molar-refractivity contribution in [3.63, 3.8) is 0 Å². The number of hydrogen-bond donors (Lipinski definition) is 1. The van der Waals surface area contributed by atoms with Crippen LogP contribution < -0.4 is 5.32 Å². The van der Waals surface area contributed by atoms with Crippen LogP contribution in [0.1, 0.15) is 18.9 Å². The molecule has 5 heteroatoms. The van der Waals surface area contributed by atoms with Gasteiger partial charge in [0.1, 0.15) is 0 Å². The first-order valence-electron chi connectivity index (χ1n) is 6.28. The number of aryl methyl sites for hydroxylation is 1. The second-order valence-corrected chi connectivity index (χ2v) is 6.66. The molecule has 1 aromatic carbocycles. The topological polar surface area (TPSA) is 63.2 Å². The summed E-state index contributed by atoms with van der Waals surface area (Å²) in [7, 11) is -3.09. The molecular weight excluding hydrogens is 262 g/mol. The second kappa shape index (κ2) is 5.57. The number of hydrogen-bond acceptors (Lipinski definition) is 3. The molecule has 0 radical (unpaired) electrons. The quantitative estimate of drug-likeness (QED) is 0.918. The molecule has 1 amide bonds. The molecule has 1 aliphatic heterocycles. The first-order chi connectivity index (χ1) is 8.98. The molecule has 1 aromatic rings. The van der Waals surface area contributed by atoms with E-state index in [1.807, 2.05) is 24.3 Å². The Kier molecular flexibility index (Phi) is 4.04. The van der Waals surface area contributed by atoms with Crippen molar-refractivity contribution in [2.45, 2.75) is 19.8 Å². The van der Waals surface area contributed by atoms with Crippen molar-refractivity contribution in [1.29, 1.82) is 0 Å². The van der Waals surface area contributed by atoms with E-state index in [4.69, 9.17) is 0 Å². The van der Waals surface area contributed by atoms with Crippen molar-refractivity contribution in [2.24, 2.45) is 5.92 Å². The van der Waals surface area contributed by atoms with Gasteiger partial charge in [-0.3, -0.25) is 4.79 Å². The normalized spacial score (nSPS) is 20.4. The number of anilines is 1. The summed E-state index contributed by atoms with van der Waals surface area (Å²) in [5, 5.41) is 4.00. The van der Waals surface area contributed by atoms with Crippen molar-refractivity contribution < 1.29 is 13.2 Å². The Hall–Kier alpha value is -1.62. The smallest absolute Gasteiger partial charge is 0.224 e. The van der Waals surface area contributed by atoms with Crippen LogP contribution in [0.15, 0.2) is 35.7 Å². The van der Waals surface area contributed by atoms with Crippen molar-refractivity contribution in [1.82, 2.24) is 0 Å². The van der Waals surface area contributed by atoms with Gasteiger partial charge < -0.3 is 5.32 Å². The molecule has 0 aromatic heterocycles. The maximum Gasteiger partial charge on any atom is 0.224 e. The fourth-order valence-corrected chi connectivity index (χ4v) is 3.48. The molecule has 1 atom stereocenters. The second-order valence-electron chi connectivity index (χ2n) is 4.72. The molecule has 0 saturated carbocycles. The monoisotopic (exact) mass is 279 g/mol. The lowest BCUT2D eigenvalue weighted by Crippen LogP contribution is -2.17. The van der Waals surface area contributed by atoms with Crippen molar-refractivity contribution in [3.8, 4) is 0 Å². The summed E-state index contributed by atoms with van der Waals surface area (Å²) in [5.41, 5.74) is 1.91. The summed E-state index contributed by atoms with van der Waals surface area (Å²) in [6, 6.07) is 7.66. The summed E-state index contributed by atoms with van der Waals surface area (Å²) >= 11 is 0. The summed E-state index contributed by atoms with van der Waals surface area (Å²) < 4.78 is 22.5. The van der Waals surface area contributed by atoms with Crippen molar-refractivity contribution in [3.05, 3.63) is 41.3 Å². The molecule has 0 bridgehead atoms. The van der Waals surface area contributed by atoms with E-state index in [1.54, 1.807) is 6.08 Å².